The number of carbonyl (C=O) groups is 2. The van der Waals surface area contributed by atoms with E-state index in [2.05, 4.69) is 17.0 Å². The van der Waals surface area contributed by atoms with Crippen molar-refractivity contribution in [1.82, 2.24) is 9.80 Å². The van der Waals surface area contributed by atoms with Gasteiger partial charge in [-0.25, -0.2) is 4.79 Å². The van der Waals surface area contributed by atoms with Crippen LogP contribution in [0.1, 0.15) is 79.2 Å². The monoisotopic (exact) mass is 696 g/mol. The third-order valence-electron chi connectivity index (χ3n) is 10.4. The van der Waals surface area contributed by atoms with Gasteiger partial charge in [0, 0.05) is 51.0 Å². The largest absolute Gasteiger partial charge is 0.457 e. The lowest BCUT2D eigenvalue weighted by Crippen LogP contribution is -2.49. The van der Waals surface area contributed by atoms with E-state index in [-0.39, 0.29) is 42.5 Å². The number of aliphatic hydroxyl groups excluding tert-OH is 2. The van der Waals surface area contributed by atoms with E-state index in [0.29, 0.717) is 38.8 Å². The number of hydrogen-bond acceptors (Lipinski definition) is 9. The molecular formula is C40H60N2O8. The summed E-state index contributed by atoms with van der Waals surface area (Å²) in [6.45, 7) is 15.0. The molecule has 1 amide bonds. The van der Waals surface area contributed by atoms with Crippen LogP contribution in [0, 0.1) is 17.8 Å². The average molecular weight is 697 g/mol. The van der Waals surface area contributed by atoms with E-state index in [0.717, 1.165) is 25.2 Å². The van der Waals surface area contributed by atoms with Crippen LogP contribution in [-0.4, -0.2) is 106 Å². The first-order valence-electron chi connectivity index (χ1n) is 18.5. The van der Waals surface area contributed by atoms with Crippen molar-refractivity contribution >= 4 is 12.1 Å². The van der Waals surface area contributed by atoms with Crippen molar-refractivity contribution in [2.75, 3.05) is 26.2 Å². The normalized spacial score (nSPS) is 31.9. The Kier molecular flexibility index (Phi) is 14.7. The second-order valence-electron chi connectivity index (χ2n) is 15.0. The zero-order chi connectivity index (χ0) is 36.4. The number of carbonyl (C=O) groups excluding carboxylic acids is 2. The third-order valence-corrected chi connectivity index (χ3v) is 10.4. The zero-order valence-electron chi connectivity index (χ0n) is 30.8. The van der Waals surface area contributed by atoms with Crippen molar-refractivity contribution in [3.8, 4) is 0 Å². The van der Waals surface area contributed by atoms with Crippen molar-refractivity contribution in [1.29, 1.82) is 0 Å². The number of amides is 1. The summed E-state index contributed by atoms with van der Waals surface area (Å²) in [4.78, 5) is 30.3. The van der Waals surface area contributed by atoms with Crippen molar-refractivity contribution in [2.45, 2.75) is 122 Å². The van der Waals surface area contributed by atoms with Gasteiger partial charge in [0.05, 0.1) is 36.4 Å². The summed E-state index contributed by atoms with van der Waals surface area (Å²) < 4.78 is 17.8. The van der Waals surface area contributed by atoms with Gasteiger partial charge in [-0.2, -0.15) is 0 Å². The van der Waals surface area contributed by atoms with Crippen LogP contribution in [0.5, 0.6) is 0 Å². The molecule has 4 rings (SSSR count). The number of ether oxygens (including phenoxy) is 3. The van der Waals surface area contributed by atoms with Gasteiger partial charge in [-0.15, -0.1) is 0 Å². The number of cyclic esters (lactones) is 1. The van der Waals surface area contributed by atoms with Gasteiger partial charge < -0.3 is 34.4 Å². The molecule has 0 aromatic heterocycles. The van der Waals surface area contributed by atoms with E-state index < -0.39 is 36.0 Å². The number of allylic oxidation sites excluding steroid dienone is 2. The number of hydrogen-bond donors (Lipinski definition) is 3. The number of epoxide rings is 1. The maximum atomic E-state index is 13.4. The second-order valence-corrected chi connectivity index (χ2v) is 15.0. The maximum absolute atomic E-state index is 13.4. The van der Waals surface area contributed by atoms with E-state index >= 15 is 0 Å². The van der Waals surface area contributed by atoms with Crippen molar-refractivity contribution in [2.24, 2.45) is 17.8 Å². The van der Waals surface area contributed by atoms with Gasteiger partial charge in [0.25, 0.3) is 0 Å². The zero-order valence-corrected chi connectivity index (χ0v) is 30.8. The van der Waals surface area contributed by atoms with E-state index in [4.69, 9.17) is 14.2 Å². The van der Waals surface area contributed by atoms with Crippen LogP contribution in [0.4, 0.5) is 4.79 Å². The SMILES string of the molecule is CCC(O)C(C)C1OC1CC(C)(O)/C=C/C=C(\C)C1OC(=O)CC(O)CCC(C)C(OC(=O)N2CCN(Cc3ccccc3)CC2)/C=C\C1C. The predicted molar refractivity (Wildman–Crippen MR) is 193 cm³/mol. The highest BCUT2D eigenvalue weighted by molar-refractivity contribution is 5.70. The molecule has 10 atom stereocenters. The third kappa shape index (κ3) is 12.0. The molecule has 278 valence electrons. The molecule has 0 aliphatic carbocycles. The first-order chi connectivity index (χ1) is 23.8. The molecule has 3 aliphatic heterocycles. The van der Waals surface area contributed by atoms with Gasteiger partial charge in [0.1, 0.15) is 12.2 Å². The quantitative estimate of drug-likeness (QED) is 0.120. The van der Waals surface area contributed by atoms with Crippen LogP contribution < -0.4 is 0 Å². The molecular weight excluding hydrogens is 636 g/mol. The lowest BCUT2D eigenvalue weighted by Gasteiger charge is -2.35. The Morgan fingerprint density at radius 3 is 2.50 bits per heavy atom. The Balaban J connectivity index is 1.39. The Bertz CT molecular complexity index is 1320. The number of piperazine rings is 1. The summed E-state index contributed by atoms with van der Waals surface area (Å²) in [5.41, 5.74) is 0.887. The highest BCUT2D eigenvalue weighted by Gasteiger charge is 2.47. The molecule has 3 heterocycles. The first-order valence-corrected chi connectivity index (χ1v) is 18.5. The van der Waals surface area contributed by atoms with Crippen LogP contribution in [0.25, 0.3) is 0 Å². The lowest BCUT2D eigenvalue weighted by atomic mass is 9.91. The Morgan fingerprint density at radius 2 is 1.82 bits per heavy atom. The molecule has 10 unspecified atom stereocenters. The number of rotatable bonds is 11. The molecule has 2 fully saturated rings. The van der Waals surface area contributed by atoms with E-state index in [9.17, 15) is 24.9 Å². The van der Waals surface area contributed by atoms with Crippen LogP contribution in [0.2, 0.25) is 0 Å². The number of nitrogens with zero attached hydrogens (tertiary/aromatic N) is 2. The summed E-state index contributed by atoms with van der Waals surface area (Å²) in [6.07, 6.45) is 8.05. The number of esters is 1. The van der Waals surface area contributed by atoms with Crippen LogP contribution in [0.15, 0.2) is 66.3 Å². The predicted octanol–water partition coefficient (Wildman–Crippen LogP) is 5.41. The summed E-state index contributed by atoms with van der Waals surface area (Å²) in [6, 6.07) is 10.3. The second kappa shape index (κ2) is 18.5. The fraction of sp³-hybridized carbons (Fsp3) is 0.650. The maximum Gasteiger partial charge on any atom is 0.410 e. The van der Waals surface area contributed by atoms with E-state index in [1.165, 1.54) is 5.56 Å². The average Bonchev–Trinajstić information content (AvgIpc) is 3.85. The molecule has 0 bridgehead atoms. The highest BCUT2D eigenvalue weighted by Crippen LogP contribution is 2.37. The molecule has 2 saturated heterocycles. The van der Waals surface area contributed by atoms with E-state index in [1.807, 2.05) is 71.0 Å². The fourth-order valence-corrected chi connectivity index (χ4v) is 6.92. The summed E-state index contributed by atoms with van der Waals surface area (Å²) >= 11 is 0. The number of aliphatic hydroxyl groups is 3. The Hall–Kier alpha value is -3.02. The molecule has 1 aromatic rings. The van der Waals surface area contributed by atoms with Gasteiger partial charge >= 0.3 is 12.1 Å². The summed E-state index contributed by atoms with van der Waals surface area (Å²) in [5.74, 6) is -0.810. The standard InChI is InChI=1S/C40H60N2O8/c1-7-33(44)30(5)38-35(48-38)25-40(6,47)19-11-12-28(3)37-29(4)16-18-34(27(2)15-17-32(43)24-36(45)50-37)49-39(46)42-22-20-41(21-23-42)26-31-13-9-8-10-14-31/h8-14,16,18-19,27,29-30,32-35,37-38,43-44,47H,7,15,17,20-26H2,1-6H3/b18-16-,19-11+,28-12+. The molecule has 3 N–H and O–H groups in total. The van der Waals surface area contributed by atoms with Crippen LogP contribution in [-0.2, 0) is 25.5 Å². The summed E-state index contributed by atoms with van der Waals surface area (Å²) in [7, 11) is 0. The molecule has 0 radical (unpaired) electrons. The fourth-order valence-electron chi connectivity index (χ4n) is 6.92. The molecule has 3 aliphatic rings. The van der Waals surface area contributed by atoms with Crippen LogP contribution in [0.3, 0.4) is 0 Å². The topological polar surface area (TPSA) is 132 Å². The van der Waals surface area contributed by atoms with Gasteiger partial charge in [0.2, 0.25) is 0 Å². The minimum Gasteiger partial charge on any atom is -0.457 e. The molecule has 0 saturated carbocycles. The van der Waals surface area contributed by atoms with Gasteiger partial charge in [-0.05, 0) is 56.2 Å². The summed E-state index contributed by atoms with van der Waals surface area (Å²) in [5, 5.41) is 31.9. The van der Waals surface area contributed by atoms with Gasteiger partial charge in [-0.1, -0.05) is 82.3 Å². The molecule has 1 aromatic carbocycles. The van der Waals surface area contributed by atoms with Crippen molar-refractivity contribution < 1.29 is 39.1 Å². The first kappa shape index (κ1) is 39.8. The lowest BCUT2D eigenvalue weighted by molar-refractivity contribution is -0.151. The molecule has 50 heavy (non-hydrogen) atoms. The van der Waals surface area contributed by atoms with E-state index in [1.54, 1.807) is 24.0 Å². The van der Waals surface area contributed by atoms with Crippen molar-refractivity contribution in [3.05, 3.63) is 71.8 Å². The minimum atomic E-state index is -1.13. The van der Waals surface area contributed by atoms with Crippen molar-refractivity contribution in [3.63, 3.8) is 0 Å². The van der Waals surface area contributed by atoms with Crippen LogP contribution >= 0.6 is 0 Å². The minimum absolute atomic E-state index is 0.00256. The molecule has 10 nitrogen and oxygen atoms in total. The highest BCUT2D eigenvalue weighted by atomic mass is 16.6. The molecule has 10 heteroatoms. The van der Waals surface area contributed by atoms with Gasteiger partial charge in [-0.3, -0.25) is 9.69 Å². The smallest absolute Gasteiger partial charge is 0.410 e. The Morgan fingerprint density at radius 1 is 1.12 bits per heavy atom. The molecule has 0 spiro atoms. The number of benzene rings is 1. The van der Waals surface area contributed by atoms with Gasteiger partial charge in [0.15, 0.2) is 0 Å². The Labute approximate surface area is 298 Å².